The summed E-state index contributed by atoms with van der Waals surface area (Å²) in [6, 6.07) is 3.95. The summed E-state index contributed by atoms with van der Waals surface area (Å²) in [5, 5.41) is 8.24. The molecule has 2 aromatic heterocycles. The number of rotatable bonds is 5. The standard InChI is InChI=1S/C17H24N4O2/c1-13(2)15-12-16(23-19-15)17(22)21-10-4-3-6-14(21)7-11-20-9-5-8-18-20/h5,8-9,12-14H,3-4,6-7,10-11H2,1-2H3/t14-/m0/s1. The topological polar surface area (TPSA) is 64.2 Å². The third-order valence-electron chi connectivity index (χ3n) is 4.47. The lowest BCUT2D eigenvalue weighted by molar-refractivity contribution is 0.0552. The summed E-state index contributed by atoms with van der Waals surface area (Å²) < 4.78 is 7.20. The summed E-state index contributed by atoms with van der Waals surface area (Å²) in [6.07, 6.45) is 7.92. The predicted molar refractivity (Wildman–Crippen MR) is 86.1 cm³/mol. The largest absolute Gasteiger partial charge is 0.351 e. The highest BCUT2D eigenvalue weighted by atomic mass is 16.5. The molecule has 6 nitrogen and oxygen atoms in total. The summed E-state index contributed by atoms with van der Waals surface area (Å²) in [4.78, 5) is 14.7. The SMILES string of the molecule is CC(C)c1cc(C(=O)N2CCCC[C@H]2CCn2cccn2)on1. The molecule has 1 aliphatic heterocycles. The molecule has 6 heteroatoms. The van der Waals surface area contributed by atoms with E-state index in [1.165, 1.54) is 6.42 Å². The number of carbonyl (C=O) groups excluding carboxylic acids is 1. The predicted octanol–water partition coefficient (Wildman–Crippen LogP) is 3.08. The molecule has 124 valence electrons. The molecule has 0 bridgehead atoms. The second kappa shape index (κ2) is 6.98. The number of hydrogen-bond donors (Lipinski definition) is 0. The van der Waals surface area contributed by atoms with E-state index in [9.17, 15) is 4.79 Å². The van der Waals surface area contributed by atoms with Crippen LogP contribution in [0.25, 0.3) is 0 Å². The van der Waals surface area contributed by atoms with Crippen LogP contribution in [0.15, 0.2) is 29.0 Å². The highest BCUT2D eigenvalue weighted by Crippen LogP contribution is 2.23. The van der Waals surface area contributed by atoms with Crippen LogP contribution in [0.1, 0.15) is 61.7 Å². The fraction of sp³-hybridized carbons (Fsp3) is 0.588. The maximum atomic E-state index is 12.8. The summed E-state index contributed by atoms with van der Waals surface area (Å²) in [7, 11) is 0. The van der Waals surface area contributed by atoms with Gasteiger partial charge in [-0.15, -0.1) is 0 Å². The molecular formula is C17H24N4O2. The van der Waals surface area contributed by atoms with Gasteiger partial charge in [-0.3, -0.25) is 9.48 Å². The number of carbonyl (C=O) groups is 1. The Morgan fingerprint density at radius 1 is 1.43 bits per heavy atom. The van der Waals surface area contributed by atoms with Gasteiger partial charge in [-0.25, -0.2) is 0 Å². The van der Waals surface area contributed by atoms with E-state index in [0.29, 0.717) is 5.76 Å². The highest BCUT2D eigenvalue weighted by molar-refractivity contribution is 5.91. The van der Waals surface area contributed by atoms with Crippen LogP contribution in [-0.4, -0.2) is 38.3 Å². The van der Waals surface area contributed by atoms with Gasteiger partial charge in [0.2, 0.25) is 5.76 Å². The summed E-state index contributed by atoms with van der Waals surface area (Å²) in [5.41, 5.74) is 0.832. The molecule has 3 heterocycles. The van der Waals surface area contributed by atoms with Crippen LogP contribution in [0.4, 0.5) is 0 Å². The lowest BCUT2D eigenvalue weighted by Crippen LogP contribution is -2.44. The van der Waals surface area contributed by atoms with Gasteiger partial charge in [0.15, 0.2) is 0 Å². The number of hydrogen-bond acceptors (Lipinski definition) is 4. The molecule has 0 unspecified atom stereocenters. The molecule has 0 N–H and O–H groups in total. The fourth-order valence-corrected chi connectivity index (χ4v) is 3.09. The number of aromatic nitrogens is 3. The van der Waals surface area contributed by atoms with Crippen molar-refractivity contribution in [3.05, 3.63) is 36.0 Å². The van der Waals surface area contributed by atoms with E-state index in [-0.39, 0.29) is 17.9 Å². The number of piperidine rings is 1. The third-order valence-corrected chi connectivity index (χ3v) is 4.47. The van der Waals surface area contributed by atoms with Gasteiger partial charge in [0.1, 0.15) is 0 Å². The van der Waals surface area contributed by atoms with E-state index in [2.05, 4.69) is 10.3 Å². The average Bonchev–Trinajstić information content (AvgIpc) is 3.24. The second-order valence-corrected chi connectivity index (χ2v) is 6.48. The molecule has 0 radical (unpaired) electrons. The molecule has 1 aliphatic rings. The van der Waals surface area contributed by atoms with Crippen LogP contribution in [0.3, 0.4) is 0 Å². The Kier molecular flexibility index (Phi) is 4.79. The van der Waals surface area contributed by atoms with Gasteiger partial charge in [0.25, 0.3) is 5.91 Å². The van der Waals surface area contributed by atoms with Gasteiger partial charge in [0.05, 0.1) is 5.69 Å². The Hall–Kier alpha value is -2.11. The molecule has 1 amide bonds. The van der Waals surface area contributed by atoms with Crippen LogP contribution >= 0.6 is 0 Å². The molecule has 0 aliphatic carbocycles. The monoisotopic (exact) mass is 316 g/mol. The maximum Gasteiger partial charge on any atom is 0.292 e. The number of amides is 1. The van der Waals surface area contributed by atoms with Crippen molar-refractivity contribution in [3.8, 4) is 0 Å². The van der Waals surface area contributed by atoms with Crippen molar-refractivity contribution < 1.29 is 9.32 Å². The van der Waals surface area contributed by atoms with E-state index >= 15 is 0 Å². The molecule has 0 saturated carbocycles. The Balaban J connectivity index is 1.68. The van der Waals surface area contributed by atoms with E-state index in [1.807, 2.05) is 35.7 Å². The van der Waals surface area contributed by atoms with Crippen molar-refractivity contribution in [2.75, 3.05) is 6.54 Å². The zero-order chi connectivity index (χ0) is 16.2. The molecule has 1 fully saturated rings. The van der Waals surface area contributed by atoms with Gasteiger partial charge in [0, 0.05) is 37.6 Å². The molecule has 2 aromatic rings. The van der Waals surface area contributed by atoms with Crippen molar-refractivity contribution in [1.29, 1.82) is 0 Å². The maximum absolute atomic E-state index is 12.8. The second-order valence-electron chi connectivity index (χ2n) is 6.48. The smallest absolute Gasteiger partial charge is 0.292 e. The minimum atomic E-state index is -0.0328. The zero-order valence-corrected chi connectivity index (χ0v) is 13.8. The average molecular weight is 316 g/mol. The van der Waals surface area contributed by atoms with Gasteiger partial charge in [-0.2, -0.15) is 5.10 Å². The Morgan fingerprint density at radius 3 is 3.00 bits per heavy atom. The lowest BCUT2D eigenvalue weighted by atomic mass is 9.99. The molecule has 23 heavy (non-hydrogen) atoms. The Bertz CT molecular complexity index is 633. The lowest BCUT2D eigenvalue weighted by Gasteiger charge is -2.35. The van der Waals surface area contributed by atoms with Gasteiger partial charge < -0.3 is 9.42 Å². The molecular weight excluding hydrogens is 292 g/mol. The van der Waals surface area contributed by atoms with Gasteiger partial charge in [-0.1, -0.05) is 19.0 Å². The molecule has 0 spiro atoms. The van der Waals surface area contributed by atoms with Crippen LogP contribution in [0.2, 0.25) is 0 Å². The Morgan fingerprint density at radius 2 is 2.30 bits per heavy atom. The van der Waals surface area contributed by atoms with Crippen molar-refractivity contribution in [1.82, 2.24) is 19.8 Å². The van der Waals surface area contributed by atoms with E-state index in [0.717, 1.165) is 38.0 Å². The number of nitrogens with zero attached hydrogens (tertiary/aromatic N) is 4. The normalized spacial score (nSPS) is 18.6. The minimum Gasteiger partial charge on any atom is -0.351 e. The van der Waals surface area contributed by atoms with Crippen LogP contribution in [0.5, 0.6) is 0 Å². The zero-order valence-electron chi connectivity index (χ0n) is 13.8. The first-order valence-electron chi connectivity index (χ1n) is 8.40. The summed E-state index contributed by atoms with van der Waals surface area (Å²) in [5.74, 6) is 0.589. The summed E-state index contributed by atoms with van der Waals surface area (Å²) >= 11 is 0. The third kappa shape index (κ3) is 3.63. The molecule has 1 saturated heterocycles. The molecule has 1 atom stereocenters. The van der Waals surface area contributed by atoms with Crippen LogP contribution in [0, 0.1) is 0 Å². The van der Waals surface area contributed by atoms with Crippen molar-refractivity contribution in [2.45, 2.75) is 58.0 Å². The van der Waals surface area contributed by atoms with Gasteiger partial charge in [-0.05, 0) is 37.7 Å². The fourth-order valence-electron chi connectivity index (χ4n) is 3.09. The number of aryl methyl sites for hydroxylation is 1. The minimum absolute atomic E-state index is 0.0328. The molecule has 0 aromatic carbocycles. The van der Waals surface area contributed by atoms with Crippen LogP contribution < -0.4 is 0 Å². The Labute approximate surface area is 136 Å². The van der Waals surface area contributed by atoms with E-state index < -0.39 is 0 Å². The highest BCUT2D eigenvalue weighted by Gasteiger charge is 2.29. The van der Waals surface area contributed by atoms with Crippen molar-refractivity contribution in [2.24, 2.45) is 0 Å². The van der Waals surface area contributed by atoms with Crippen molar-refractivity contribution in [3.63, 3.8) is 0 Å². The first kappa shape index (κ1) is 15.8. The van der Waals surface area contributed by atoms with Gasteiger partial charge >= 0.3 is 0 Å². The summed E-state index contributed by atoms with van der Waals surface area (Å²) in [6.45, 7) is 5.70. The first-order valence-corrected chi connectivity index (χ1v) is 8.40. The first-order chi connectivity index (χ1) is 11.1. The van der Waals surface area contributed by atoms with E-state index in [4.69, 9.17) is 4.52 Å². The molecule has 3 rings (SSSR count). The van der Waals surface area contributed by atoms with Crippen LogP contribution in [-0.2, 0) is 6.54 Å². The van der Waals surface area contributed by atoms with Crippen molar-refractivity contribution >= 4 is 5.91 Å². The van der Waals surface area contributed by atoms with E-state index in [1.54, 1.807) is 12.3 Å². The number of likely N-dealkylation sites (tertiary alicyclic amines) is 1. The quantitative estimate of drug-likeness (QED) is 0.850.